The minimum absolute atomic E-state index is 0.452. The number of hydrogen-bond acceptors (Lipinski definition) is 2. The van der Waals surface area contributed by atoms with Crippen LogP contribution in [-0.2, 0) is 6.42 Å². The van der Waals surface area contributed by atoms with Gasteiger partial charge in [0.25, 0.3) is 0 Å². The van der Waals surface area contributed by atoms with Gasteiger partial charge in [-0.25, -0.2) is 4.79 Å². The molecule has 1 aliphatic rings. The van der Waals surface area contributed by atoms with Gasteiger partial charge in [0.05, 0.1) is 0 Å². The average molecular weight is 269 g/mol. The molecule has 1 aliphatic heterocycles. The summed E-state index contributed by atoms with van der Waals surface area (Å²) in [5.74, 6) is 0.768. The summed E-state index contributed by atoms with van der Waals surface area (Å²) in [6.45, 7) is 0. The lowest BCUT2D eigenvalue weighted by molar-refractivity contribution is 0.0608. The van der Waals surface area contributed by atoms with Crippen molar-refractivity contribution >= 4 is 6.09 Å². The van der Waals surface area contributed by atoms with Crippen molar-refractivity contribution in [3.05, 3.63) is 54.1 Å². The van der Waals surface area contributed by atoms with E-state index < -0.39 is 12.3 Å². The molecule has 0 bridgehead atoms. The van der Waals surface area contributed by atoms with Gasteiger partial charge in [0.15, 0.2) is 6.23 Å². The molecule has 1 atom stereocenters. The van der Waals surface area contributed by atoms with Crippen molar-refractivity contribution in [2.24, 2.45) is 0 Å². The molecule has 0 spiro atoms. The fraction of sp³-hybridized carbons (Fsp3) is 0.188. The van der Waals surface area contributed by atoms with E-state index >= 15 is 0 Å². The second-order valence-electron chi connectivity index (χ2n) is 4.82. The van der Waals surface area contributed by atoms with Crippen LogP contribution in [0.5, 0.6) is 5.75 Å². The first-order valence-corrected chi connectivity index (χ1v) is 6.46. The van der Waals surface area contributed by atoms with E-state index in [1.807, 2.05) is 48.5 Å². The number of amides is 1. The summed E-state index contributed by atoms with van der Waals surface area (Å²) in [6, 6.07) is 15.9. The molecule has 20 heavy (non-hydrogen) atoms. The highest BCUT2D eigenvalue weighted by Gasteiger charge is 2.30. The number of nitrogens with zero attached hydrogens (tertiary/aromatic N) is 1. The summed E-state index contributed by atoms with van der Waals surface area (Å²) in [7, 11) is 1.53. The first kappa shape index (κ1) is 12.5. The van der Waals surface area contributed by atoms with Gasteiger partial charge in [-0.15, -0.1) is 0 Å². The Morgan fingerprint density at radius 3 is 2.65 bits per heavy atom. The van der Waals surface area contributed by atoms with Gasteiger partial charge in [-0.3, -0.25) is 4.90 Å². The van der Waals surface area contributed by atoms with Gasteiger partial charge in [0.1, 0.15) is 5.75 Å². The number of hydrogen-bond donors (Lipinski definition) is 1. The zero-order valence-electron chi connectivity index (χ0n) is 11.1. The molecule has 1 amide bonds. The molecule has 1 N–H and O–H groups in total. The van der Waals surface area contributed by atoms with Crippen LogP contribution in [-0.4, -0.2) is 29.4 Å². The quantitative estimate of drug-likeness (QED) is 0.910. The van der Waals surface area contributed by atoms with Crippen LogP contribution in [0.4, 0.5) is 4.79 Å². The van der Waals surface area contributed by atoms with Crippen molar-refractivity contribution in [2.75, 3.05) is 7.05 Å². The van der Waals surface area contributed by atoms with Crippen LogP contribution in [0.15, 0.2) is 48.5 Å². The van der Waals surface area contributed by atoms with Gasteiger partial charge < -0.3 is 9.84 Å². The second-order valence-corrected chi connectivity index (χ2v) is 4.82. The van der Waals surface area contributed by atoms with E-state index in [2.05, 4.69) is 0 Å². The third-order valence-electron chi connectivity index (χ3n) is 3.59. The van der Waals surface area contributed by atoms with Crippen molar-refractivity contribution in [1.29, 1.82) is 0 Å². The fourth-order valence-corrected chi connectivity index (χ4v) is 2.48. The van der Waals surface area contributed by atoms with Crippen molar-refractivity contribution in [3.63, 3.8) is 0 Å². The molecule has 0 fully saturated rings. The van der Waals surface area contributed by atoms with E-state index in [-0.39, 0.29) is 0 Å². The van der Waals surface area contributed by atoms with Crippen LogP contribution in [0.1, 0.15) is 5.56 Å². The Labute approximate surface area is 117 Å². The van der Waals surface area contributed by atoms with Crippen LogP contribution in [0.3, 0.4) is 0 Å². The average Bonchev–Trinajstić information content (AvgIpc) is 2.91. The summed E-state index contributed by atoms with van der Waals surface area (Å²) in [6.07, 6.45) is -0.861. The number of rotatable bonds is 2. The van der Waals surface area contributed by atoms with E-state index in [0.29, 0.717) is 6.42 Å². The molecule has 2 aromatic rings. The maximum absolute atomic E-state index is 11.0. The van der Waals surface area contributed by atoms with E-state index in [1.165, 1.54) is 11.9 Å². The van der Waals surface area contributed by atoms with Crippen molar-refractivity contribution in [2.45, 2.75) is 12.6 Å². The maximum atomic E-state index is 11.0. The van der Waals surface area contributed by atoms with Crippen LogP contribution < -0.4 is 4.74 Å². The van der Waals surface area contributed by atoms with Gasteiger partial charge >= 0.3 is 6.09 Å². The molecular formula is C16H15NO3. The molecule has 2 aromatic carbocycles. The Morgan fingerprint density at radius 2 is 1.95 bits per heavy atom. The lowest BCUT2D eigenvalue weighted by Crippen LogP contribution is -2.38. The topological polar surface area (TPSA) is 49.8 Å². The molecule has 0 radical (unpaired) electrons. The van der Waals surface area contributed by atoms with Gasteiger partial charge in [-0.1, -0.05) is 42.5 Å². The number of carbonyl (C=O) groups is 1. The van der Waals surface area contributed by atoms with Crippen LogP contribution in [0, 0.1) is 0 Å². The smallest absolute Gasteiger partial charge is 0.409 e. The number of likely N-dealkylation sites (N-methyl/N-ethyl adjacent to an activating group) is 1. The maximum Gasteiger partial charge on any atom is 0.409 e. The predicted molar refractivity (Wildman–Crippen MR) is 75.8 cm³/mol. The lowest BCUT2D eigenvalue weighted by Gasteiger charge is -2.20. The predicted octanol–water partition coefficient (Wildman–Crippen LogP) is 3.22. The van der Waals surface area contributed by atoms with Crippen molar-refractivity contribution in [3.8, 4) is 16.9 Å². The standard InChI is InChI=1S/C16H15NO3/c1-17(16(18)19)15-10-13-12(8-5-9-14(13)20-15)11-6-3-2-4-7-11/h2-9,15H,10H2,1H3,(H,18,19). The molecule has 4 nitrogen and oxygen atoms in total. The van der Waals surface area contributed by atoms with E-state index in [4.69, 9.17) is 9.84 Å². The van der Waals surface area contributed by atoms with Crippen LogP contribution in [0.2, 0.25) is 0 Å². The Bertz CT molecular complexity index is 639. The lowest BCUT2D eigenvalue weighted by atomic mass is 9.97. The Kier molecular flexibility index (Phi) is 3.06. The van der Waals surface area contributed by atoms with E-state index in [9.17, 15) is 4.79 Å². The minimum atomic E-state index is -0.982. The monoisotopic (exact) mass is 269 g/mol. The number of carboxylic acid groups (broad SMARTS) is 1. The Balaban J connectivity index is 1.97. The highest BCUT2D eigenvalue weighted by atomic mass is 16.5. The Hall–Kier alpha value is -2.49. The largest absolute Gasteiger partial charge is 0.470 e. The van der Waals surface area contributed by atoms with Gasteiger partial charge in [0.2, 0.25) is 0 Å². The van der Waals surface area contributed by atoms with Gasteiger partial charge in [-0.05, 0) is 17.2 Å². The summed E-state index contributed by atoms with van der Waals surface area (Å²) >= 11 is 0. The highest BCUT2D eigenvalue weighted by Crippen LogP contribution is 2.37. The Morgan fingerprint density at radius 1 is 1.20 bits per heavy atom. The summed E-state index contributed by atoms with van der Waals surface area (Å²) in [5, 5.41) is 9.05. The molecule has 0 aliphatic carbocycles. The second kappa shape index (κ2) is 4.89. The third-order valence-corrected chi connectivity index (χ3v) is 3.59. The molecule has 1 unspecified atom stereocenters. The summed E-state index contributed by atoms with van der Waals surface area (Å²) in [5.41, 5.74) is 3.28. The van der Waals surface area contributed by atoms with E-state index in [0.717, 1.165) is 22.4 Å². The molecule has 102 valence electrons. The van der Waals surface area contributed by atoms with Crippen LogP contribution >= 0.6 is 0 Å². The number of fused-ring (bicyclic) bond motifs is 1. The van der Waals surface area contributed by atoms with Crippen LogP contribution in [0.25, 0.3) is 11.1 Å². The molecule has 4 heteroatoms. The third kappa shape index (κ3) is 2.09. The van der Waals surface area contributed by atoms with Crippen molar-refractivity contribution in [1.82, 2.24) is 4.90 Å². The van der Waals surface area contributed by atoms with Gasteiger partial charge in [-0.2, -0.15) is 0 Å². The molecule has 1 heterocycles. The SMILES string of the molecule is CN(C(=O)O)C1Cc2c(cccc2-c2ccccc2)O1. The molecular weight excluding hydrogens is 254 g/mol. The molecule has 3 rings (SSSR count). The van der Waals surface area contributed by atoms with Gasteiger partial charge in [0, 0.05) is 19.0 Å². The number of ether oxygens (including phenoxy) is 1. The minimum Gasteiger partial charge on any atom is -0.470 e. The summed E-state index contributed by atoms with van der Waals surface area (Å²) in [4.78, 5) is 12.2. The first-order valence-electron chi connectivity index (χ1n) is 6.46. The highest BCUT2D eigenvalue weighted by molar-refractivity contribution is 5.71. The zero-order valence-corrected chi connectivity index (χ0v) is 11.1. The molecule has 0 aromatic heterocycles. The first-order chi connectivity index (χ1) is 9.66. The zero-order chi connectivity index (χ0) is 14.1. The van der Waals surface area contributed by atoms with E-state index in [1.54, 1.807) is 0 Å². The molecule has 0 saturated heterocycles. The normalized spacial score (nSPS) is 16.4. The summed E-state index contributed by atoms with van der Waals surface area (Å²) < 4.78 is 5.74. The number of benzene rings is 2. The van der Waals surface area contributed by atoms with Crippen molar-refractivity contribution < 1.29 is 14.6 Å². The molecule has 0 saturated carbocycles. The fourth-order valence-electron chi connectivity index (χ4n) is 2.48.